The molecular formula is C21H14BrF4N5O. The van der Waals surface area contributed by atoms with Crippen molar-refractivity contribution in [2.45, 2.75) is 13.1 Å². The molecule has 6 nitrogen and oxygen atoms in total. The first kappa shape index (κ1) is 21.8. The Hall–Kier alpha value is -3.47. The van der Waals surface area contributed by atoms with Crippen molar-refractivity contribution in [1.29, 1.82) is 0 Å². The van der Waals surface area contributed by atoms with Crippen LogP contribution in [0, 0.1) is 23.3 Å². The quantitative estimate of drug-likeness (QED) is 0.233. The molecule has 32 heavy (non-hydrogen) atoms. The van der Waals surface area contributed by atoms with Crippen molar-refractivity contribution < 1.29 is 22.4 Å². The zero-order valence-electron chi connectivity index (χ0n) is 16.2. The fourth-order valence-corrected chi connectivity index (χ4v) is 3.38. The highest BCUT2D eigenvalue weighted by molar-refractivity contribution is 9.10. The smallest absolute Gasteiger partial charge is 0.255 e. The van der Waals surface area contributed by atoms with Crippen molar-refractivity contribution in [3.63, 3.8) is 0 Å². The number of benzene rings is 2. The lowest BCUT2D eigenvalue weighted by molar-refractivity contribution is 0.102. The molecule has 0 unspecified atom stereocenters. The van der Waals surface area contributed by atoms with Crippen LogP contribution in [-0.2, 0) is 13.1 Å². The van der Waals surface area contributed by atoms with E-state index in [1.54, 1.807) is 35.3 Å². The zero-order valence-corrected chi connectivity index (χ0v) is 17.8. The van der Waals surface area contributed by atoms with Gasteiger partial charge in [-0.3, -0.25) is 14.2 Å². The second kappa shape index (κ2) is 8.95. The van der Waals surface area contributed by atoms with Crippen LogP contribution in [0.4, 0.5) is 23.2 Å². The summed E-state index contributed by atoms with van der Waals surface area (Å²) in [6.45, 7) is -0.0182. The highest BCUT2D eigenvalue weighted by atomic mass is 79.9. The molecule has 0 atom stereocenters. The average molecular weight is 508 g/mol. The van der Waals surface area contributed by atoms with Gasteiger partial charge in [-0.25, -0.2) is 17.6 Å². The Bertz CT molecular complexity index is 1300. The Balaban J connectivity index is 1.45. The summed E-state index contributed by atoms with van der Waals surface area (Å²) < 4.78 is 57.8. The molecule has 0 bridgehead atoms. The first-order valence-electron chi connectivity index (χ1n) is 9.22. The Kier molecular flexibility index (Phi) is 6.08. The third-order valence-corrected chi connectivity index (χ3v) is 4.97. The second-order valence-electron chi connectivity index (χ2n) is 6.88. The number of nitrogens with one attached hydrogen (secondary N) is 1. The van der Waals surface area contributed by atoms with Gasteiger partial charge in [0.15, 0.2) is 17.5 Å². The molecule has 2 aromatic carbocycles. The van der Waals surface area contributed by atoms with Gasteiger partial charge >= 0.3 is 0 Å². The molecule has 4 aromatic rings. The summed E-state index contributed by atoms with van der Waals surface area (Å²) in [6, 6.07) is 7.21. The highest BCUT2D eigenvalue weighted by Gasteiger charge is 2.19. The van der Waals surface area contributed by atoms with Crippen LogP contribution in [-0.4, -0.2) is 25.5 Å². The Morgan fingerprint density at radius 1 is 0.938 bits per heavy atom. The molecule has 2 heterocycles. The number of carbonyl (C=O) groups excluding carboxylic acids is 1. The maximum absolute atomic E-state index is 13.9. The second-order valence-corrected chi connectivity index (χ2v) is 7.80. The number of hydrogen-bond donors (Lipinski definition) is 1. The molecule has 0 aliphatic heterocycles. The molecule has 0 fully saturated rings. The maximum atomic E-state index is 13.9. The first-order valence-corrected chi connectivity index (χ1v) is 10.0. The summed E-state index contributed by atoms with van der Waals surface area (Å²) in [6.07, 6.45) is 6.06. The van der Waals surface area contributed by atoms with E-state index in [-0.39, 0.29) is 11.8 Å². The van der Waals surface area contributed by atoms with E-state index in [0.717, 1.165) is 14.7 Å². The lowest BCUT2D eigenvalue weighted by Gasteiger charge is -2.07. The van der Waals surface area contributed by atoms with Gasteiger partial charge in [-0.05, 0) is 33.6 Å². The van der Waals surface area contributed by atoms with E-state index in [1.807, 2.05) is 6.07 Å². The molecule has 4 rings (SSSR count). The number of aromatic nitrogens is 4. The van der Waals surface area contributed by atoms with Gasteiger partial charge in [0.25, 0.3) is 5.91 Å². The highest BCUT2D eigenvalue weighted by Crippen LogP contribution is 2.21. The van der Waals surface area contributed by atoms with E-state index < -0.39 is 41.3 Å². The maximum Gasteiger partial charge on any atom is 0.255 e. The summed E-state index contributed by atoms with van der Waals surface area (Å²) in [5.41, 5.74) is 0.829. The van der Waals surface area contributed by atoms with Crippen molar-refractivity contribution >= 4 is 27.5 Å². The van der Waals surface area contributed by atoms with Crippen molar-refractivity contribution in [2.75, 3.05) is 5.32 Å². The molecule has 2 aromatic heterocycles. The molecule has 11 heteroatoms. The van der Waals surface area contributed by atoms with Crippen molar-refractivity contribution in [2.24, 2.45) is 0 Å². The molecule has 164 valence electrons. The SMILES string of the molecule is O=C(Nc1cnn(Cc2c(F)cc(F)c(F)c2F)c1)c1cccc(Cn2cc(Br)cn2)c1. The third kappa shape index (κ3) is 4.72. The predicted molar refractivity (Wildman–Crippen MR) is 111 cm³/mol. The van der Waals surface area contributed by atoms with Gasteiger partial charge in [0, 0.05) is 29.6 Å². The fourth-order valence-electron chi connectivity index (χ4n) is 3.05. The molecule has 0 aliphatic rings. The summed E-state index contributed by atoms with van der Waals surface area (Å²) in [4.78, 5) is 12.6. The van der Waals surface area contributed by atoms with Crippen LogP contribution < -0.4 is 5.32 Å². The molecular weight excluding hydrogens is 494 g/mol. The first-order chi connectivity index (χ1) is 15.3. The minimum Gasteiger partial charge on any atom is -0.319 e. The van der Waals surface area contributed by atoms with E-state index in [1.165, 1.54) is 12.4 Å². The Labute approximate surface area is 187 Å². The van der Waals surface area contributed by atoms with E-state index in [0.29, 0.717) is 12.1 Å². The van der Waals surface area contributed by atoms with E-state index in [9.17, 15) is 22.4 Å². The van der Waals surface area contributed by atoms with Crippen molar-refractivity contribution in [1.82, 2.24) is 19.6 Å². The molecule has 0 saturated carbocycles. The molecule has 0 radical (unpaired) electrons. The van der Waals surface area contributed by atoms with Gasteiger partial charge < -0.3 is 5.32 Å². The zero-order chi connectivity index (χ0) is 22.8. The van der Waals surface area contributed by atoms with Crippen LogP contribution in [0.5, 0.6) is 0 Å². The lowest BCUT2D eigenvalue weighted by Crippen LogP contribution is -2.12. The number of rotatable bonds is 6. The number of halogens is 5. The summed E-state index contributed by atoms with van der Waals surface area (Å²) in [5, 5.41) is 10.7. The van der Waals surface area contributed by atoms with Crippen LogP contribution >= 0.6 is 15.9 Å². The number of anilines is 1. The number of carbonyl (C=O) groups is 1. The predicted octanol–water partition coefficient (Wildman–Crippen LogP) is 4.75. The number of nitrogens with zero attached hydrogens (tertiary/aromatic N) is 4. The number of hydrogen-bond acceptors (Lipinski definition) is 3. The van der Waals surface area contributed by atoms with Crippen molar-refractivity contribution in [3.8, 4) is 0 Å². The fraction of sp³-hybridized carbons (Fsp3) is 0.0952. The van der Waals surface area contributed by atoms with Gasteiger partial charge in [0.05, 0.1) is 35.6 Å². The van der Waals surface area contributed by atoms with Crippen LogP contribution in [0.15, 0.2) is 59.6 Å². The molecule has 0 aliphatic carbocycles. The van der Waals surface area contributed by atoms with Crippen LogP contribution in [0.25, 0.3) is 0 Å². The number of amides is 1. The average Bonchev–Trinajstić information content (AvgIpc) is 3.38. The van der Waals surface area contributed by atoms with E-state index in [4.69, 9.17) is 0 Å². The Morgan fingerprint density at radius 3 is 2.44 bits per heavy atom. The molecule has 1 N–H and O–H groups in total. The summed E-state index contributed by atoms with van der Waals surface area (Å²) in [7, 11) is 0. The van der Waals surface area contributed by atoms with Gasteiger partial charge in [-0.15, -0.1) is 0 Å². The van der Waals surface area contributed by atoms with E-state index >= 15 is 0 Å². The normalized spacial score (nSPS) is 11.0. The molecule has 0 spiro atoms. The van der Waals surface area contributed by atoms with Gasteiger partial charge in [0.2, 0.25) is 0 Å². The largest absolute Gasteiger partial charge is 0.319 e. The van der Waals surface area contributed by atoms with Crippen LogP contribution in [0.2, 0.25) is 0 Å². The van der Waals surface area contributed by atoms with Gasteiger partial charge in [-0.1, -0.05) is 12.1 Å². The van der Waals surface area contributed by atoms with Gasteiger partial charge in [0.1, 0.15) is 5.82 Å². The molecule has 0 saturated heterocycles. The third-order valence-electron chi connectivity index (χ3n) is 4.56. The minimum absolute atomic E-state index is 0.264. The lowest BCUT2D eigenvalue weighted by atomic mass is 10.1. The van der Waals surface area contributed by atoms with Crippen LogP contribution in [0.3, 0.4) is 0 Å². The Morgan fingerprint density at radius 2 is 1.69 bits per heavy atom. The van der Waals surface area contributed by atoms with Crippen molar-refractivity contribution in [3.05, 3.63) is 99.6 Å². The summed E-state index contributed by atoms with van der Waals surface area (Å²) in [5.74, 6) is -6.64. The topological polar surface area (TPSA) is 64.7 Å². The molecule has 1 amide bonds. The van der Waals surface area contributed by atoms with Gasteiger partial charge in [-0.2, -0.15) is 10.2 Å². The standard InChI is InChI=1S/C21H14BrF4N5O/c22-14-6-27-30(9-14)8-12-2-1-3-13(4-12)21(32)29-15-7-28-31(10-15)11-16-17(23)5-18(24)20(26)19(16)25/h1-7,9-10H,8,11H2,(H,29,32). The monoisotopic (exact) mass is 507 g/mol. The minimum atomic E-state index is -1.76. The summed E-state index contributed by atoms with van der Waals surface area (Å²) >= 11 is 3.33. The van der Waals surface area contributed by atoms with Crippen LogP contribution in [0.1, 0.15) is 21.5 Å². The van der Waals surface area contributed by atoms with E-state index in [2.05, 4.69) is 31.4 Å².